The summed E-state index contributed by atoms with van der Waals surface area (Å²) < 4.78 is 6.32. The smallest absolute Gasteiger partial charge is 0.268 e. The molecule has 6 nitrogen and oxygen atoms in total. The number of oxazole rings is 1. The largest absolute Gasteiger partial charge is 0.441 e. The second kappa shape index (κ2) is 7.17. The number of carbonyl (C=O) groups excluding carboxylic acids is 1. The highest BCUT2D eigenvalue weighted by Gasteiger charge is 2.29. The van der Waals surface area contributed by atoms with Crippen molar-refractivity contribution in [2.45, 2.75) is 26.4 Å². The van der Waals surface area contributed by atoms with E-state index < -0.39 is 6.10 Å². The molecular weight excluding hydrogens is 386 g/mol. The van der Waals surface area contributed by atoms with Crippen molar-refractivity contribution in [3.8, 4) is 11.5 Å². The highest BCUT2D eigenvalue weighted by molar-refractivity contribution is 7.18. The lowest BCUT2D eigenvalue weighted by Crippen LogP contribution is -2.27. The third-order valence-electron chi connectivity index (χ3n) is 4.22. The lowest BCUT2D eigenvalue weighted by atomic mass is 10.1. The van der Waals surface area contributed by atoms with Crippen LogP contribution in [-0.4, -0.2) is 22.7 Å². The molecule has 0 radical (unpaired) electrons. The third-order valence-corrected chi connectivity index (χ3v) is 5.50. The van der Waals surface area contributed by atoms with E-state index in [-0.39, 0.29) is 5.91 Å². The number of carbonyl (C=O) groups is 1. The number of nitrogens with one attached hydrogen (secondary N) is 1. The van der Waals surface area contributed by atoms with Gasteiger partial charge < -0.3 is 14.6 Å². The van der Waals surface area contributed by atoms with Crippen molar-refractivity contribution < 1.29 is 14.0 Å². The Balaban J connectivity index is 1.44. The summed E-state index contributed by atoms with van der Waals surface area (Å²) in [6, 6.07) is 11.0. The summed E-state index contributed by atoms with van der Waals surface area (Å²) in [7, 11) is 0. The molecule has 0 fully saturated rings. The number of hydrogen-bond donors (Lipinski definition) is 1. The fraction of sp³-hybridized carbons (Fsp3) is 0.211. The van der Waals surface area contributed by atoms with Gasteiger partial charge in [0.05, 0.1) is 14.9 Å². The molecule has 2 aromatic heterocycles. The van der Waals surface area contributed by atoms with Gasteiger partial charge in [0.1, 0.15) is 11.5 Å². The molecule has 1 aromatic carbocycles. The quantitative estimate of drug-likeness (QED) is 0.680. The number of benzene rings is 1. The Bertz CT molecular complexity index is 1020. The van der Waals surface area contributed by atoms with Gasteiger partial charge in [-0.1, -0.05) is 22.8 Å². The number of oxime groups is 1. The highest BCUT2D eigenvalue weighted by Crippen LogP contribution is 2.27. The first-order chi connectivity index (χ1) is 13.0. The molecule has 0 aliphatic carbocycles. The molecule has 4 rings (SSSR count). The van der Waals surface area contributed by atoms with Crippen molar-refractivity contribution in [2.24, 2.45) is 5.16 Å². The van der Waals surface area contributed by atoms with Gasteiger partial charge in [-0.15, -0.1) is 11.3 Å². The summed E-state index contributed by atoms with van der Waals surface area (Å²) in [5.41, 5.74) is 3.01. The third kappa shape index (κ3) is 3.74. The number of nitrogens with zero attached hydrogens (tertiary/aromatic N) is 2. The van der Waals surface area contributed by atoms with Crippen LogP contribution in [-0.2, 0) is 9.63 Å². The Kier molecular flexibility index (Phi) is 4.72. The fourth-order valence-electron chi connectivity index (χ4n) is 2.68. The minimum atomic E-state index is -0.671. The first kappa shape index (κ1) is 17.8. The second-order valence-corrected chi connectivity index (χ2v) is 7.89. The number of hydrogen-bond acceptors (Lipinski definition) is 6. The molecule has 0 bridgehead atoms. The Hall–Kier alpha value is -2.64. The van der Waals surface area contributed by atoms with E-state index in [9.17, 15) is 4.79 Å². The SMILES string of the molecule is Cc1nc(-c2cccc(NC(=O)C3CC(c4ccc(Cl)s4)=NO3)c2)oc1C. The Morgan fingerprint density at radius 2 is 2.15 bits per heavy atom. The Labute approximate surface area is 164 Å². The lowest BCUT2D eigenvalue weighted by Gasteiger charge is -2.10. The predicted octanol–water partition coefficient (Wildman–Crippen LogP) is 4.81. The molecular formula is C19H16ClN3O3S. The molecule has 1 unspecified atom stereocenters. The summed E-state index contributed by atoms with van der Waals surface area (Å²) in [4.78, 5) is 23.1. The first-order valence-electron chi connectivity index (χ1n) is 8.33. The first-order valence-corrected chi connectivity index (χ1v) is 9.53. The topological polar surface area (TPSA) is 76.7 Å². The molecule has 1 aliphatic heterocycles. The van der Waals surface area contributed by atoms with E-state index in [4.69, 9.17) is 20.9 Å². The van der Waals surface area contributed by atoms with Gasteiger partial charge in [-0.05, 0) is 44.2 Å². The molecule has 3 heterocycles. The van der Waals surface area contributed by atoms with Crippen LogP contribution in [0, 0.1) is 13.8 Å². The van der Waals surface area contributed by atoms with Crippen molar-refractivity contribution in [3.05, 3.63) is 57.1 Å². The van der Waals surface area contributed by atoms with Crippen LogP contribution in [0.15, 0.2) is 46.0 Å². The minimum absolute atomic E-state index is 0.256. The average Bonchev–Trinajstić information content (AvgIpc) is 3.36. The van der Waals surface area contributed by atoms with Gasteiger partial charge in [-0.3, -0.25) is 4.79 Å². The van der Waals surface area contributed by atoms with Crippen molar-refractivity contribution in [3.63, 3.8) is 0 Å². The van der Waals surface area contributed by atoms with Crippen LogP contribution >= 0.6 is 22.9 Å². The number of anilines is 1. The lowest BCUT2D eigenvalue weighted by molar-refractivity contribution is -0.125. The normalized spacial score (nSPS) is 16.1. The highest BCUT2D eigenvalue weighted by atomic mass is 35.5. The van der Waals surface area contributed by atoms with E-state index in [1.807, 2.05) is 38.1 Å². The zero-order valence-electron chi connectivity index (χ0n) is 14.7. The van der Waals surface area contributed by atoms with Gasteiger partial charge >= 0.3 is 0 Å². The van der Waals surface area contributed by atoms with E-state index in [1.54, 1.807) is 12.1 Å². The summed E-state index contributed by atoms with van der Waals surface area (Å²) in [5, 5.41) is 6.89. The van der Waals surface area contributed by atoms with Crippen LogP contribution in [0.25, 0.3) is 11.5 Å². The van der Waals surface area contributed by atoms with E-state index in [0.29, 0.717) is 22.3 Å². The van der Waals surface area contributed by atoms with Gasteiger partial charge in [0.25, 0.3) is 5.91 Å². The van der Waals surface area contributed by atoms with Crippen LogP contribution in [0.4, 0.5) is 5.69 Å². The molecule has 0 spiro atoms. The zero-order valence-corrected chi connectivity index (χ0v) is 16.2. The average molecular weight is 402 g/mol. The summed E-state index contributed by atoms with van der Waals surface area (Å²) in [6.07, 6.45) is -0.267. The number of aromatic nitrogens is 1. The van der Waals surface area contributed by atoms with E-state index in [0.717, 1.165) is 27.6 Å². The van der Waals surface area contributed by atoms with Gasteiger partial charge in [0.2, 0.25) is 12.0 Å². The number of amides is 1. The van der Waals surface area contributed by atoms with Gasteiger partial charge in [0.15, 0.2) is 0 Å². The summed E-state index contributed by atoms with van der Waals surface area (Å²) in [6.45, 7) is 3.76. The van der Waals surface area contributed by atoms with Gasteiger partial charge in [0, 0.05) is 17.7 Å². The maximum absolute atomic E-state index is 12.5. The molecule has 1 atom stereocenters. The van der Waals surface area contributed by atoms with Crippen molar-refractivity contribution in [2.75, 3.05) is 5.32 Å². The maximum atomic E-state index is 12.5. The van der Waals surface area contributed by atoms with Gasteiger partial charge in [-0.25, -0.2) is 4.98 Å². The molecule has 138 valence electrons. The Morgan fingerprint density at radius 3 is 2.85 bits per heavy atom. The minimum Gasteiger partial charge on any atom is -0.441 e. The Morgan fingerprint density at radius 1 is 1.30 bits per heavy atom. The number of aryl methyl sites for hydroxylation is 2. The number of rotatable bonds is 4. The number of halogens is 1. The molecule has 0 saturated heterocycles. The number of thiophene rings is 1. The molecule has 27 heavy (non-hydrogen) atoms. The van der Waals surface area contributed by atoms with Crippen LogP contribution in [0.2, 0.25) is 4.34 Å². The monoisotopic (exact) mass is 401 g/mol. The molecule has 8 heteroatoms. The summed E-state index contributed by atoms with van der Waals surface area (Å²) in [5.74, 6) is 1.05. The summed E-state index contributed by atoms with van der Waals surface area (Å²) >= 11 is 7.36. The van der Waals surface area contributed by atoms with Gasteiger partial charge in [-0.2, -0.15) is 0 Å². The zero-order chi connectivity index (χ0) is 19.0. The van der Waals surface area contributed by atoms with Crippen LogP contribution in [0.3, 0.4) is 0 Å². The van der Waals surface area contributed by atoms with Crippen LogP contribution in [0.1, 0.15) is 22.8 Å². The fourth-order valence-corrected chi connectivity index (χ4v) is 3.71. The molecule has 1 amide bonds. The van der Waals surface area contributed by atoms with Crippen molar-refractivity contribution in [1.29, 1.82) is 0 Å². The maximum Gasteiger partial charge on any atom is 0.268 e. The van der Waals surface area contributed by atoms with Crippen molar-refractivity contribution >= 4 is 40.2 Å². The molecule has 0 saturated carbocycles. The second-order valence-electron chi connectivity index (χ2n) is 6.17. The predicted molar refractivity (Wildman–Crippen MR) is 105 cm³/mol. The standard InChI is InChI=1S/C19H16ClN3O3S/c1-10-11(2)25-19(21-10)12-4-3-5-13(8-12)22-18(24)15-9-14(23-26-15)16-6-7-17(20)27-16/h3-8,15H,9H2,1-2H3,(H,22,24). The van der Waals surface area contributed by atoms with Crippen molar-refractivity contribution in [1.82, 2.24) is 4.98 Å². The molecule has 1 N–H and O–H groups in total. The van der Waals surface area contributed by atoms with E-state index in [1.165, 1.54) is 11.3 Å². The molecule has 3 aromatic rings. The van der Waals surface area contributed by atoms with Crippen LogP contribution in [0.5, 0.6) is 0 Å². The van der Waals surface area contributed by atoms with E-state index >= 15 is 0 Å². The van der Waals surface area contributed by atoms with E-state index in [2.05, 4.69) is 15.5 Å². The molecule has 1 aliphatic rings. The van der Waals surface area contributed by atoms with Crippen LogP contribution < -0.4 is 5.32 Å².